The van der Waals surface area contributed by atoms with Gasteiger partial charge in [-0.05, 0) is 41.8 Å². The van der Waals surface area contributed by atoms with Crippen LogP contribution in [0.5, 0.6) is 5.75 Å². The third-order valence-electron chi connectivity index (χ3n) is 4.07. The molecule has 0 amide bonds. The molecular formula is C20H14N2O3S. The van der Waals surface area contributed by atoms with Crippen molar-refractivity contribution in [3.05, 3.63) is 89.1 Å². The van der Waals surface area contributed by atoms with Crippen molar-refractivity contribution < 1.29 is 10.0 Å². The molecular weight excluding hydrogens is 348 g/mol. The van der Waals surface area contributed by atoms with Crippen molar-refractivity contribution in [2.24, 2.45) is 0 Å². The summed E-state index contributed by atoms with van der Waals surface area (Å²) in [4.78, 5) is 11.4. The molecule has 5 nitrogen and oxygen atoms in total. The lowest BCUT2D eigenvalue weighted by Gasteiger charge is -2.04. The van der Waals surface area contributed by atoms with Crippen molar-refractivity contribution in [2.45, 2.75) is 4.90 Å². The number of phenolic OH excluding ortho intramolecular Hbond substituents is 1. The molecule has 0 aliphatic rings. The molecule has 128 valence electrons. The van der Waals surface area contributed by atoms with E-state index in [-0.39, 0.29) is 11.4 Å². The lowest BCUT2D eigenvalue weighted by Crippen LogP contribution is -1.89. The number of phenols is 1. The third kappa shape index (κ3) is 3.02. The minimum Gasteiger partial charge on any atom is -0.508 e. The zero-order chi connectivity index (χ0) is 18.1. The topological polar surface area (TPSA) is 68.3 Å². The van der Waals surface area contributed by atoms with Gasteiger partial charge in [0, 0.05) is 34.2 Å². The van der Waals surface area contributed by atoms with E-state index in [1.165, 1.54) is 18.0 Å². The highest BCUT2D eigenvalue weighted by molar-refractivity contribution is 7.98. The number of nitro groups is 1. The molecule has 0 radical (unpaired) electrons. The van der Waals surface area contributed by atoms with Gasteiger partial charge in [0.15, 0.2) is 0 Å². The van der Waals surface area contributed by atoms with E-state index < -0.39 is 4.92 Å². The second-order valence-electron chi connectivity index (χ2n) is 5.78. The van der Waals surface area contributed by atoms with Crippen LogP contribution in [0, 0.1) is 10.1 Å². The Balaban J connectivity index is 1.83. The van der Waals surface area contributed by atoms with Crippen LogP contribution < -0.4 is 0 Å². The Morgan fingerprint density at radius 1 is 0.962 bits per heavy atom. The van der Waals surface area contributed by atoms with Gasteiger partial charge in [0.2, 0.25) is 0 Å². The predicted molar refractivity (Wildman–Crippen MR) is 103 cm³/mol. The summed E-state index contributed by atoms with van der Waals surface area (Å²) in [6.07, 6.45) is 1.99. The highest BCUT2D eigenvalue weighted by atomic mass is 32.2. The number of fused-ring (bicyclic) bond motifs is 1. The van der Waals surface area contributed by atoms with Gasteiger partial charge in [0.25, 0.3) is 5.69 Å². The summed E-state index contributed by atoms with van der Waals surface area (Å²) in [5.41, 5.74) is 3.03. The van der Waals surface area contributed by atoms with Gasteiger partial charge < -0.3 is 5.11 Å². The lowest BCUT2D eigenvalue weighted by atomic mass is 10.1. The number of non-ortho nitro benzene ring substituents is 1. The molecule has 6 heteroatoms. The number of hydrogen-bond acceptors (Lipinski definition) is 4. The third-order valence-corrected chi connectivity index (χ3v) is 5.03. The molecule has 0 unspecified atom stereocenters. The van der Waals surface area contributed by atoms with Crippen LogP contribution >= 0.6 is 11.9 Å². The molecule has 4 aromatic rings. The van der Waals surface area contributed by atoms with E-state index in [9.17, 15) is 15.2 Å². The highest BCUT2D eigenvalue weighted by Gasteiger charge is 2.13. The first-order chi connectivity index (χ1) is 12.6. The maximum atomic E-state index is 11.0. The summed E-state index contributed by atoms with van der Waals surface area (Å²) in [7, 11) is 0. The van der Waals surface area contributed by atoms with Crippen molar-refractivity contribution in [2.75, 3.05) is 0 Å². The van der Waals surface area contributed by atoms with Gasteiger partial charge in [-0.25, -0.2) is 0 Å². The summed E-state index contributed by atoms with van der Waals surface area (Å²) in [6, 6.07) is 21.7. The molecule has 3 aromatic carbocycles. The minimum absolute atomic E-state index is 0.0624. The summed E-state index contributed by atoms with van der Waals surface area (Å²) >= 11 is 1.40. The van der Waals surface area contributed by atoms with Gasteiger partial charge in [-0.15, -0.1) is 0 Å². The molecule has 0 aliphatic heterocycles. The fourth-order valence-electron chi connectivity index (χ4n) is 2.88. The van der Waals surface area contributed by atoms with Crippen molar-refractivity contribution in [3.63, 3.8) is 0 Å². The Hall–Kier alpha value is -3.25. The van der Waals surface area contributed by atoms with Gasteiger partial charge in [-0.3, -0.25) is 14.1 Å². The maximum absolute atomic E-state index is 11.0. The zero-order valence-corrected chi connectivity index (χ0v) is 14.4. The molecule has 0 bridgehead atoms. The molecule has 26 heavy (non-hydrogen) atoms. The van der Waals surface area contributed by atoms with E-state index in [4.69, 9.17) is 0 Å². The Morgan fingerprint density at radius 3 is 2.54 bits per heavy atom. The molecule has 0 saturated carbocycles. The zero-order valence-electron chi connectivity index (χ0n) is 13.6. The normalized spacial score (nSPS) is 10.9. The van der Waals surface area contributed by atoms with Crippen molar-refractivity contribution in [1.82, 2.24) is 3.97 Å². The molecule has 1 aromatic heterocycles. The molecule has 0 atom stereocenters. The number of rotatable bonds is 4. The maximum Gasteiger partial charge on any atom is 0.270 e. The van der Waals surface area contributed by atoms with Crippen LogP contribution in [0.1, 0.15) is 0 Å². The smallest absolute Gasteiger partial charge is 0.270 e. The summed E-state index contributed by atoms with van der Waals surface area (Å²) < 4.78 is 1.97. The van der Waals surface area contributed by atoms with E-state index in [1.54, 1.807) is 24.3 Å². The summed E-state index contributed by atoms with van der Waals surface area (Å²) in [6.45, 7) is 0. The Morgan fingerprint density at radius 2 is 1.77 bits per heavy atom. The van der Waals surface area contributed by atoms with Crippen LogP contribution in [0.2, 0.25) is 0 Å². The van der Waals surface area contributed by atoms with Crippen molar-refractivity contribution in [1.29, 1.82) is 0 Å². The van der Waals surface area contributed by atoms with Crippen LogP contribution in [0.3, 0.4) is 0 Å². The molecule has 1 N–H and O–H groups in total. The largest absolute Gasteiger partial charge is 0.508 e. The van der Waals surface area contributed by atoms with Crippen molar-refractivity contribution in [3.8, 4) is 16.9 Å². The summed E-state index contributed by atoms with van der Waals surface area (Å²) in [5.74, 6) is 0.202. The lowest BCUT2D eigenvalue weighted by molar-refractivity contribution is -0.385. The minimum atomic E-state index is -0.398. The van der Waals surface area contributed by atoms with Crippen LogP contribution in [-0.4, -0.2) is 14.0 Å². The van der Waals surface area contributed by atoms with Crippen LogP contribution in [-0.2, 0) is 0 Å². The fraction of sp³-hybridized carbons (Fsp3) is 0. The number of aromatic nitrogens is 1. The second-order valence-corrected chi connectivity index (χ2v) is 6.83. The van der Waals surface area contributed by atoms with Gasteiger partial charge in [0.05, 0.1) is 10.4 Å². The van der Waals surface area contributed by atoms with E-state index in [2.05, 4.69) is 0 Å². The number of aromatic hydroxyl groups is 1. The standard InChI is InChI=1S/C20H14N2O3S/c23-16-9-10-20-18(12-16)19(14-5-2-1-3-6-14)13-21(20)26-17-8-4-7-15(11-17)22(24)25/h1-13,23H. The molecule has 0 spiro atoms. The molecule has 4 rings (SSSR count). The summed E-state index contributed by atoms with van der Waals surface area (Å²) in [5, 5.41) is 21.8. The number of hydrogen-bond donors (Lipinski definition) is 1. The van der Waals surface area contributed by atoms with Gasteiger partial charge >= 0.3 is 0 Å². The van der Waals surface area contributed by atoms with E-state index in [0.29, 0.717) is 0 Å². The second kappa shape index (κ2) is 6.57. The first-order valence-corrected chi connectivity index (χ1v) is 8.71. The quantitative estimate of drug-likeness (QED) is 0.386. The molecule has 0 aliphatic carbocycles. The molecule has 0 fully saturated rings. The van der Waals surface area contributed by atoms with E-state index in [0.717, 1.165) is 26.9 Å². The average Bonchev–Trinajstić information content (AvgIpc) is 3.00. The van der Waals surface area contributed by atoms with E-state index >= 15 is 0 Å². The number of benzene rings is 3. The number of nitrogens with zero attached hydrogens (tertiary/aromatic N) is 2. The van der Waals surface area contributed by atoms with Crippen molar-refractivity contribution >= 4 is 28.5 Å². The Kier molecular flexibility index (Phi) is 4.10. The van der Waals surface area contributed by atoms with Gasteiger partial charge in [-0.1, -0.05) is 36.4 Å². The monoisotopic (exact) mass is 362 g/mol. The van der Waals surface area contributed by atoms with Gasteiger partial charge in [-0.2, -0.15) is 0 Å². The van der Waals surface area contributed by atoms with E-state index in [1.807, 2.05) is 52.6 Å². The number of nitro benzene ring substituents is 1. The molecule has 0 saturated heterocycles. The van der Waals surface area contributed by atoms with Gasteiger partial charge in [0.1, 0.15) is 5.75 Å². The predicted octanol–water partition coefficient (Wildman–Crippen LogP) is 5.48. The van der Waals surface area contributed by atoms with Crippen LogP contribution in [0.4, 0.5) is 5.69 Å². The first kappa shape index (κ1) is 16.2. The first-order valence-electron chi connectivity index (χ1n) is 7.94. The fourth-order valence-corrected chi connectivity index (χ4v) is 3.83. The Bertz CT molecular complexity index is 1110. The molecule has 1 heterocycles. The highest BCUT2D eigenvalue weighted by Crippen LogP contribution is 2.37. The average molecular weight is 362 g/mol. The van der Waals surface area contributed by atoms with Crippen LogP contribution in [0.15, 0.2) is 83.9 Å². The van der Waals surface area contributed by atoms with Crippen LogP contribution in [0.25, 0.3) is 22.0 Å². The Labute approximate surface area is 153 Å². The SMILES string of the molecule is O=[N+]([O-])c1cccc(Sn2cc(-c3ccccc3)c3cc(O)ccc32)c1.